The average Bonchev–Trinajstić information content (AvgIpc) is 3.30. The number of carbonyl (C=O) groups is 1. The molecule has 0 unspecified atom stereocenters. The van der Waals surface area contributed by atoms with Gasteiger partial charge in [0.05, 0.1) is 10.7 Å². The summed E-state index contributed by atoms with van der Waals surface area (Å²) in [6.45, 7) is 0. The molecule has 29 heavy (non-hydrogen) atoms. The minimum atomic E-state index is -0.525. The maximum absolute atomic E-state index is 12.3. The molecule has 0 aliphatic heterocycles. The van der Waals surface area contributed by atoms with E-state index in [9.17, 15) is 14.9 Å². The van der Waals surface area contributed by atoms with E-state index in [0.29, 0.717) is 5.16 Å². The van der Waals surface area contributed by atoms with Crippen LogP contribution in [0.2, 0.25) is 0 Å². The molecule has 2 heterocycles. The molecule has 0 aliphatic carbocycles. The standard InChI is InChI=1S/C19H15N5O3S2/c1-23-18(13-10-28-16-9-5-2-6-12(13)16)21-22-19(23)29-11-17(25)20-14-7-3-4-8-15(14)24(26)27/h2-10H,11H2,1H3,(H,20,25). The van der Waals surface area contributed by atoms with Crippen LogP contribution in [0.4, 0.5) is 11.4 Å². The molecule has 4 aromatic rings. The van der Waals surface area contributed by atoms with Gasteiger partial charge in [0.1, 0.15) is 5.69 Å². The van der Waals surface area contributed by atoms with Crippen molar-refractivity contribution in [2.45, 2.75) is 5.16 Å². The molecule has 0 saturated carbocycles. The van der Waals surface area contributed by atoms with Crippen LogP contribution in [0, 0.1) is 10.1 Å². The summed E-state index contributed by atoms with van der Waals surface area (Å²) in [4.78, 5) is 22.8. The monoisotopic (exact) mass is 425 g/mol. The quantitative estimate of drug-likeness (QED) is 0.280. The molecule has 1 amide bonds. The van der Waals surface area contributed by atoms with E-state index < -0.39 is 4.92 Å². The van der Waals surface area contributed by atoms with Crippen LogP contribution in [0.15, 0.2) is 59.1 Å². The molecular weight excluding hydrogens is 410 g/mol. The first kappa shape index (κ1) is 19.1. The van der Waals surface area contributed by atoms with Crippen LogP contribution in [-0.4, -0.2) is 31.3 Å². The van der Waals surface area contributed by atoms with Gasteiger partial charge in [-0.1, -0.05) is 42.1 Å². The summed E-state index contributed by atoms with van der Waals surface area (Å²) < 4.78 is 3.01. The second-order valence-corrected chi connectivity index (χ2v) is 7.98. The zero-order valence-electron chi connectivity index (χ0n) is 15.2. The van der Waals surface area contributed by atoms with Crippen molar-refractivity contribution in [1.29, 1.82) is 0 Å². The van der Waals surface area contributed by atoms with Gasteiger partial charge in [-0.2, -0.15) is 0 Å². The Morgan fingerprint density at radius 3 is 2.79 bits per heavy atom. The topological polar surface area (TPSA) is 103 Å². The first-order valence-corrected chi connectivity index (χ1v) is 10.4. The Labute approximate surface area is 173 Å². The number of anilines is 1. The first-order valence-electron chi connectivity index (χ1n) is 8.56. The fourth-order valence-corrected chi connectivity index (χ4v) is 4.53. The van der Waals surface area contributed by atoms with Crippen LogP contribution in [0.1, 0.15) is 0 Å². The Morgan fingerprint density at radius 1 is 1.21 bits per heavy atom. The van der Waals surface area contributed by atoms with Gasteiger partial charge in [-0.3, -0.25) is 14.9 Å². The second-order valence-electron chi connectivity index (χ2n) is 6.12. The van der Waals surface area contributed by atoms with Gasteiger partial charge in [0.25, 0.3) is 5.69 Å². The van der Waals surface area contributed by atoms with Gasteiger partial charge in [-0.25, -0.2) is 0 Å². The van der Waals surface area contributed by atoms with E-state index in [1.165, 1.54) is 28.6 Å². The fraction of sp³-hybridized carbons (Fsp3) is 0.105. The van der Waals surface area contributed by atoms with E-state index in [4.69, 9.17) is 0 Å². The lowest BCUT2D eigenvalue weighted by atomic mass is 10.2. The minimum Gasteiger partial charge on any atom is -0.320 e. The van der Waals surface area contributed by atoms with Crippen molar-refractivity contribution in [1.82, 2.24) is 14.8 Å². The van der Waals surface area contributed by atoms with Gasteiger partial charge in [0, 0.05) is 34.1 Å². The molecule has 0 atom stereocenters. The molecule has 8 nitrogen and oxygen atoms in total. The molecule has 0 fully saturated rings. The van der Waals surface area contributed by atoms with Crippen LogP contribution in [0.25, 0.3) is 21.5 Å². The lowest BCUT2D eigenvalue weighted by molar-refractivity contribution is -0.383. The lowest BCUT2D eigenvalue weighted by Gasteiger charge is -2.06. The number of nitro groups is 1. The number of nitro benzene ring substituents is 1. The zero-order chi connectivity index (χ0) is 20.4. The summed E-state index contributed by atoms with van der Waals surface area (Å²) in [5, 5.41) is 25.9. The fourth-order valence-electron chi connectivity index (χ4n) is 2.88. The number of carbonyl (C=O) groups excluding carboxylic acids is 1. The van der Waals surface area contributed by atoms with E-state index in [-0.39, 0.29) is 23.0 Å². The highest BCUT2D eigenvalue weighted by Crippen LogP contribution is 2.33. The molecule has 0 saturated heterocycles. The number of hydrogen-bond donors (Lipinski definition) is 1. The summed E-state index contributed by atoms with van der Waals surface area (Å²) in [6.07, 6.45) is 0. The van der Waals surface area contributed by atoms with Crippen molar-refractivity contribution < 1.29 is 9.72 Å². The SMILES string of the molecule is Cn1c(SCC(=O)Nc2ccccc2[N+](=O)[O-])nnc1-c1csc2ccccc12. The van der Waals surface area contributed by atoms with Gasteiger partial charge in [-0.15, -0.1) is 21.5 Å². The first-order chi connectivity index (χ1) is 14.0. The number of hydrogen-bond acceptors (Lipinski definition) is 7. The van der Waals surface area contributed by atoms with E-state index >= 15 is 0 Å². The van der Waals surface area contributed by atoms with Crippen molar-refractivity contribution in [2.75, 3.05) is 11.1 Å². The Kier molecular flexibility index (Phi) is 5.28. The van der Waals surface area contributed by atoms with Crippen molar-refractivity contribution in [3.05, 3.63) is 64.0 Å². The van der Waals surface area contributed by atoms with Crippen molar-refractivity contribution >= 4 is 50.5 Å². The largest absolute Gasteiger partial charge is 0.320 e. The Bertz CT molecular complexity index is 1220. The van der Waals surface area contributed by atoms with E-state index in [1.807, 2.05) is 35.2 Å². The number of para-hydroxylation sites is 2. The Morgan fingerprint density at radius 2 is 1.97 bits per heavy atom. The molecule has 2 aromatic carbocycles. The van der Waals surface area contributed by atoms with Gasteiger partial charge in [-0.05, 0) is 12.1 Å². The number of thioether (sulfide) groups is 1. The molecule has 2 aromatic heterocycles. The number of amides is 1. The van der Waals surface area contributed by atoms with Crippen molar-refractivity contribution in [3.63, 3.8) is 0 Å². The Balaban J connectivity index is 1.48. The Hall–Kier alpha value is -3.24. The van der Waals surface area contributed by atoms with Crippen LogP contribution in [0.5, 0.6) is 0 Å². The van der Waals surface area contributed by atoms with Crippen LogP contribution >= 0.6 is 23.1 Å². The molecular formula is C19H15N5O3S2. The number of fused-ring (bicyclic) bond motifs is 1. The molecule has 0 radical (unpaired) electrons. The third-order valence-electron chi connectivity index (χ3n) is 4.26. The summed E-state index contributed by atoms with van der Waals surface area (Å²) >= 11 is 2.87. The summed E-state index contributed by atoms with van der Waals surface area (Å²) in [5.74, 6) is 0.432. The highest BCUT2D eigenvalue weighted by atomic mass is 32.2. The van der Waals surface area contributed by atoms with E-state index in [2.05, 4.69) is 21.6 Å². The molecule has 4 rings (SSSR count). The third-order valence-corrected chi connectivity index (χ3v) is 6.25. The number of aromatic nitrogens is 3. The molecule has 0 spiro atoms. The van der Waals surface area contributed by atoms with Crippen molar-refractivity contribution in [2.24, 2.45) is 7.05 Å². The number of nitrogens with zero attached hydrogens (tertiary/aromatic N) is 4. The second kappa shape index (κ2) is 8.02. The van der Waals surface area contributed by atoms with Gasteiger partial charge in [0.2, 0.25) is 5.91 Å². The van der Waals surface area contributed by atoms with Crippen LogP contribution in [-0.2, 0) is 11.8 Å². The number of rotatable bonds is 6. The highest BCUT2D eigenvalue weighted by molar-refractivity contribution is 7.99. The maximum Gasteiger partial charge on any atom is 0.292 e. The number of nitrogens with one attached hydrogen (secondary N) is 1. The van der Waals surface area contributed by atoms with E-state index in [1.54, 1.807) is 23.5 Å². The summed E-state index contributed by atoms with van der Waals surface area (Å²) in [5.41, 5.74) is 1.03. The average molecular weight is 425 g/mol. The normalized spacial score (nSPS) is 10.9. The smallest absolute Gasteiger partial charge is 0.292 e. The third kappa shape index (κ3) is 3.84. The zero-order valence-corrected chi connectivity index (χ0v) is 16.9. The highest BCUT2D eigenvalue weighted by Gasteiger charge is 2.18. The summed E-state index contributed by atoms with van der Waals surface area (Å²) in [7, 11) is 1.85. The van der Waals surface area contributed by atoms with Crippen molar-refractivity contribution in [3.8, 4) is 11.4 Å². The van der Waals surface area contributed by atoms with Crippen LogP contribution in [0.3, 0.4) is 0 Å². The molecule has 0 bridgehead atoms. The number of benzene rings is 2. The molecule has 10 heteroatoms. The van der Waals surface area contributed by atoms with Gasteiger partial charge >= 0.3 is 0 Å². The minimum absolute atomic E-state index is 0.0579. The summed E-state index contributed by atoms with van der Waals surface area (Å²) in [6, 6.07) is 14.1. The number of thiophene rings is 1. The van der Waals surface area contributed by atoms with Gasteiger partial charge < -0.3 is 9.88 Å². The maximum atomic E-state index is 12.3. The predicted molar refractivity (Wildman–Crippen MR) is 114 cm³/mol. The van der Waals surface area contributed by atoms with Gasteiger partial charge in [0.15, 0.2) is 11.0 Å². The molecule has 1 N–H and O–H groups in total. The van der Waals surface area contributed by atoms with Crippen LogP contribution < -0.4 is 5.32 Å². The molecule has 0 aliphatic rings. The lowest BCUT2D eigenvalue weighted by Crippen LogP contribution is -2.15. The van der Waals surface area contributed by atoms with E-state index in [0.717, 1.165) is 16.8 Å². The predicted octanol–water partition coefficient (Wildman–Crippen LogP) is 4.34. The molecule has 146 valence electrons.